The van der Waals surface area contributed by atoms with Gasteiger partial charge < -0.3 is 4.42 Å². The molecule has 3 heteroatoms. The van der Waals surface area contributed by atoms with Crippen molar-refractivity contribution in [2.45, 2.75) is 18.8 Å². The van der Waals surface area contributed by atoms with Crippen molar-refractivity contribution in [3.05, 3.63) is 28.5 Å². The van der Waals surface area contributed by atoms with Gasteiger partial charge in [-0.15, -0.1) is 0 Å². The van der Waals surface area contributed by atoms with E-state index in [1.54, 1.807) is 0 Å². The van der Waals surface area contributed by atoms with E-state index >= 15 is 0 Å². The van der Waals surface area contributed by atoms with E-state index in [1.165, 1.54) is 5.56 Å². The van der Waals surface area contributed by atoms with E-state index in [1.807, 2.05) is 12.2 Å². The molecule has 3 nitrogen and oxygen atoms in total. The summed E-state index contributed by atoms with van der Waals surface area (Å²) in [5.74, 6) is 1.08. The Hall–Kier alpha value is -1.82. The second-order valence-electron chi connectivity index (χ2n) is 3.51. The van der Waals surface area contributed by atoms with Gasteiger partial charge in [0.25, 0.3) is 0 Å². The molecule has 0 aromatic carbocycles. The summed E-state index contributed by atoms with van der Waals surface area (Å²) in [6.45, 7) is 0. The zero-order valence-corrected chi connectivity index (χ0v) is 7.53. The highest BCUT2D eigenvalue weighted by Crippen LogP contribution is 2.32. The molecule has 0 N–H and O–H groups in total. The van der Waals surface area contributed by atoms with Crippen LogP contribution in [0.25, 0.3) is 6.08 Å². The molecule has 0 saturated carbocycles. The monoisotopic (exact) mass is 184 g/mol. The summed E-state index contributed by atoms with van der Waals surface area (Å²) in [7, 11) is 0. The predicted molar refractivity (Wildman–Crippen MR) is 50.3 cm³/mol. The van der Waals surface area contributed by atoms with Crippen LogP contribution in [0.1, 0.15) is 24.3 Å². The molecule has 3 aliphatic rings. The predicted octanol–water partition coefficient (Wildman–Crippen LogP) is 1.28. The Morgan fingerprint density at radius 2 is 2.43 bits per heavy atom. The molecule has 68 valence electrons. The largest absolute Gasteiger partial charge is 0.419 e. The SMILES string of the molecule is N#CCCC1C=CC=c2c1c1oc2=N1. The first-order valence-electron chi connectivity index (χ1n) is 4.67. The zero-order valence-electron chi connectivity index (χ0n) is 7.53. The van der Waals surface area contributed by atoms with E-state index in [2.05, 4.69) is 17.1 Å². The number of nitriles is 1. The average Bonchev–Trinajstić information content (AvgIpc) is 2.66. The minimum Gasteiger partial charge on any atom is -0.419 e. The fourth-order valence-corrected chi connectivity index (χ4v) is 2.01. The number of furan rings is 1. The third-order valence-electron chi connectivity index (χ3n) is 2.69. The minimum atomic E-state index is 0.313. The highest BCUT2D eigenvalue weighted by Gasteiger charge is 2.26. The number of nitrogens with zero attached hydrogens (tertiary/aromatic N) is 2. The van der Waals surface area contributed by atoms with Gasteiger partial charge in [0.2, 0.25) is 11.4 Å². The van der Waals surface area contributed by atoms with Crippen LogP contribution in [0, 0.1) is 11.3 Å². The molecule has 0 amide bonds. The van der Waals surface area contributed by atoms with Crippen molar-refractivity contribution in [2.75, 3.05) is 0 Å². The van der Waals surface area contributed by atoms with Gasteiger partial charge in [0.1, 0.15) is 0 Å². The van der Waals surface area contributed by atoms with Crippen molar-refractivity contribution in [3.8, 4) is 6.07 Å². The van der Waals surface area contributed by atoms with Gasteiger partial charge in [0.15, 0.2) is 0 Å². The summed E-state index contributed by atoms with van der Waals surface area (Å²) in [4.78, 5) is 4.22. The molecule has 0 saturated heterocycles. The lowest BCUT2D eigenvalue weighted by atomic mass is 9.92. The van der Waals surface area contributed by atoms with E-state index < -0.39 is 0 Å². The van der Waals surface area contributed by atoms with Crippen LogP contribution in [-0.2, 0) is 0 Å². The second kappa shape index (κ2) is 2.58. The topological polar surface area (TPSA) is 49.3 Å². The molecule has 0 spiro atoms. The van der Waals surface area contributed by atoms with Gasteiger partial charge >= 0.3 is 0 Å². The summed E-state index contributed by atoms with van der Waals surface area (Å²) < 4.78 is 5.35. The van der Waals surface area contributed by atoms with Crippen LogP contribution >= 0.6 is 0 Å². The number of rotatable bonds is 2. The van der Waals surface area contributed by atoms with Crippen LogP contribution < -0.4 is 10.8 Å². The molecule has 14 heavy (non-hydrogen) atoms. The maximum Gasteiger partial charge on any atom is 0.232 e. The van der Waals surface area contributed by atoms with Crippen molar-refractivity contribution in [1.82, 2.24) is 0 Å². The van der Waals surface area contributed by atoms with E-state index in [4.69, 9.17) is 9.68 Å². The average molecular weight is 184 g/mol. The Labute approximate surface area is 80.7 Å². The van der Waals surface area contributed by atoms with E-state index in [9.17, 15) is 0 Å². The van der Waals surface area contributed by atoms with Gasteiger partial charge in [0.05, 0.1) is 6.07 Å². The molecule has 1 unspecified atom stereocenters. The lowest BCUT2D eigenvalue weighted by molar-refractivity contribution is 0.461. The Balaban J connectivity index is 2.03. The molecular weight excluding hydrogens is 176 g/mol. The van der Waals surface area contributed by atoms with Crippen LogP contribution in [0.2, 0.25) is 0 Å². The van der Waals surface area contributed by atoms with Crippen molar-refractivity contribution in [2.24, 2.45) is 4.99 Å². The fourth-order valence-electron chi connectivity index (χ4n) is 2.01. The summed E-state index contributed by atoms with van der Waals surface area (Å²) in [5, 5.41) is 9.67. The van der Waals surface area contributed by atoms with Crippen molar-refractivity contribution in [3.63, 3.8) is 0 Å². The van der Waals surface area contributed by atoms with Gasteiger partial charge in [-0.25, -0.2) is 0 Å². The number of allylic oxidation sites excluding steroid dienone is 2. The highest BCUT2D eigenvalue weighted by atomic mass is 16.4. The van der Waals surface area contributed by atoms with E-state index in [0.717, 1.165) is 23.1 Å². The molecule has 0 fully saturated rings. The number of hydrogen-bond donors (Lipinski definition) is 0. The van der Waals surface area contributed by atoms with Crippen LogP contribution in [0.5, 0.6) is 0 Å². The van der Waals surface area contributed by atoms with E-state index in [0.29, 0.717) is 12.3 Å². The van der Waals surface area contributed by atoms with Crippen molar-refractivity contribution in [1.29, 1.82) is 5.26 Å². The highest BCUT2D eigenvalue weighted by molar-refractivity contribution is 5.55. The second-order valence-corrected chi connectivity index (χ2v) is 3.51. The lowest BCUT2D eigenvalue weighted by Gasteiger charge is -2.10. The molecule has 1 atom stereocenters. The van der Waals surface area contributed by atoms with Crippen molar-refractivity contribution < 1.29 is 4.42 Å². The first kappa shape index (κ1) is 7.57. The van der Waals surface area contributed by atoms with Crippen LogP contribution in [0.15, 0.2) is 21.6 Å². The molecule has 1 aliphatic carbocycles. The standard InChI is InChI=1S/C11H8N2O/c12-6-2-4-7-3-1-5-8-9(7)11-13-10(8)14-11/h1,3,5,7H,2,4H2. The third-order valence-corrected chi connectivity index (χ3v) is 2.69. The van der Waals surface area contributed by atoms with Crippen LogP contribution in [0.3, 0.4) is 0 Å². The van der Waals surface area contributed by atoms with Gasteiger partial charge in [-0.05, 0) is 12.5 Å². The summed E-state index contributed by atoms with van der Waals surface area (Å²) in [6.07, 6.45) is 7.60. The molecule has 1 aromatic rings. The normalized spacial score (nSPS) is 20.1. The third kappa shape index (κ3) is 0.828. The molecule has 4 rings (SSSR count). The molecule has 2 aliphatic heterocycles. The molecule has 1 aromatic heterocycles. The van der Waals surface area contributed by atoms with E-state index in [-0.39, 0.29) is 0 Å². The lowest BCUT2D eigenvalue weighted by Crippen LogP contribution is -2.23. The van der Waals surface area contributed by atoms with Gasteiger partial charge in [0, 0.05) is 23.1 Å². The maximum atomic E-state index is 8.55. The fraction of sp³-hybridized carbons (Fsp3) is 0.273. The van der Waals surface area contributed by atoms with Gasteiger partial charge in [-0.1, -0.05) is 12.2 Å². The number of hydrogen-bond acceptors (Lipinski definition) is 3. The van der Waals surface area contributed by atoms with Crippen LogP contribution in [-0.4, -0.2) is 0 Å². The summed E-state index contributed by atoms with van der Waals surface area (Å²) >= 11 is 0. The van der Waals surface area contributed by atoms with Gasteiger partial charge in [-0.3, -0.25) is 0 Å². The molecule has 3 heterocycles. The van der Waals surface area contributed by atoms with Gasteiger partial charge in [-0.2, -0.15) is 10.3 Å². The smallest absolute Gasteiger partial charge is 0.232 e. The minimum absolute atomic E-state index is 0.313. The Bertz CT molecular complexity index is 572. The molecular formula is C11H8N2O. The quantitative estimate of drug-likeness (QED) is 0.705. The first-order valence-corrected chi connectivity index (χ1v) is 4.67. The Morgan fingerprint density at radius 1 is 1.57 bits per heavy atom. The summed E-state index contributed by atoms with van der Waals surface area (Å²) in [5.41, 5.74) is 1.93. The molecule has 2 bridgehead atoms. The first-order chi connectivity index (χ1) is 6.90. The van der Waals surface area contributed by atoms with Crippen LogP contribution in [0.4, 0.5) is 5.88 Å². The summed E-state index contributed by atoms with van der Waals surface area (Å²) in [6, 6.07) is 2.17. The Morgan fingerprint density at radius 3 is 3.21 bits per heavy atom. The van der Waals surface area contributed by atoms with Crippen molar-refractivity contribution >= 4 is 12.0 Å². The maximum absolute atomic E-state index is 8.55. The zero-order chi connectivity index (χ0) is 9.54. The molecule has 0 radical (unpaired) electrons. The Kier molecular flexibility index (Phi) is 1.40.